The Labute approximate surface area is 169 Å². The number of halogens is 1. The van der Waals surface area contributed by atoms with Gasteiger partial charge < -0.3 is 19.7 Å². The van der Waals surface area contributed by atoms with E-state index in [4.69, 9.17) is 9.47 Å². The molecule has 1 amide bonds. The second-order valence-electron chi connectivity index (χ2n) is 8.57. The summed E-state index contributed by atoms with van der Waals surface area (Å²) >= 11 is 3.45. The number of rotatable bonds is 4. The molecule has 1 aliphatic carbocycles. The molecule has 2 heterocycles. The summed E-state index contributed by atoms with van der Waals surface area (Å²) in [5.74, 6) is 1.90. The number of likely N-dealkylation sites (tertiary alicyclic amines) is 1. The molecule has 7 nitrogen and oxygen atoms in total. The molecule has 0 spiro atoms. The van der Waals surface area contributed by atoms with E-state index in [0.717, 1.165) is 18.8 Å². The highest BCUT2D eigenvalue weighted by atomic mass is 79.9. The van der Waals surface area contributed by atoms with Crippen LogP contribution in [-0.4, -0.2) is 51.8 Å². The van der Waals surface area contributed by atoms with Gasteiger partial charge in [0.15, 0.2) is 0 Å². The largest absolute Gasteiger partial charge is 0.470 e. The third kappa shape index (κ3) is 5.70. The number of hydrogen-bond donors (Lipinski definition) is 1. The summed E-state index contributed by atoms with van der Waals surface area (Å²) in [6, 6.07) is 0.418. The number of hydrogen-bond acceptors (Lipinski definition) is 6. The van der Waals surface area contributed by atoms with Gasteiger partial charge >= 0.3 is 6.09 Å². The maximum Gasteiger partial charge on any atom is 0.410 e. The third-order valence-corrected chi connectivity index (χ3v) is 5.38. The molecule has 1 saturated heterocycles. The Morgan fingerprint density at radius 1 is 1.26 bits per heavy atom. The molecule has 8 heteroatoms. The number of carbonyl (C=O) groups is 1. The lowest BCUT2D eigenvalue weighted by Crippen LogP contribution is -2.57. The normalized spacial score (nSPS) is 23.5. The van der Waals surface area contributed by atoms with E-state index in [-0.39, 0.29) is 12.2 Å². The lowest BCUT2D eigenvalue weighted by molar-refractivity contribution is -0.0234. The molecule has 0 radical (unpaired) electrons. The first-order chi connectivity index (χ1) is 12.7. The van der Waals surface area contributed by atoms with Crippen molar-refractivity contribution in [3.63, 3.8) is 0 Å². The van der Waals surface area contributed by atoms with Crippen LogP contribution in [0.15, 0.2) is 10.7 Å². The Morgan fingerprint density at radius 2 is 1.93 bits per heavy atom. The molecule has 0 bridgehead atoms. The number of carbonyl (C=O) groups excluding carboxylic acids is 1. The maximum absolute atomic E-state index is 12.0. The first-order valence-corrected chi connectivity index (χ1v) is 10.4. The lowest BCUT2D eigenvalue weighted by Gasteiger charge is -2.39. The monoisotopic (exact) mass is 440 g/mol. The highest BCUT2D eigenvalue weighted by Gasteiger charge is 2.35. The van der Waals surface area contributed by atoms with Crippen LogP contribution in [-0.2, 0) is 4.74 Å². The molecule has 1 N–H and O–H groups in total. The van der Waals surface area contributed by atoms with Gasteiger partial charge in [-0.15, -0.1) is 0 Å². The van der Waals surface area contributed by atoms with Crippen molar-refractivity contribution in [2.45, 2.75) is 71.1 Å². The van der Waals surface area contributed by atoms with Crippen molar-refractivity contribution in [1.82, 2.24) is 14.9 Å². The Kier molecular flexibility index (Phi) is 6.13. The predicted molar refractivity (Wildman–Crippen MR) is 107 cm³/mol. The molecule has 2 aliphatic rings. The quantitative estimate of drug-likeness (QED) is 0.754. The minimum Gasteiger partial charge on any atom is -0.470 e. The Bertz CT molecular complexity index is 665. The van der Waals surface area contributed by atoms with Crippen LogP contribution in [0.25, 0.3) is 0 Å². The van der Waals surface area contributed by atoms with Crippen molar-refractivity contribution in [3.05, 3.63) is 10.7 Å². The van der Waals surface area contributed by atoms with E-state index in [1.54, 1.807) is 11.1 Å². The summed E-state index contributed by atoms with van der Waals surface area (Å²) in [6.45, 7) is 8.87. The van der Waals surface area contributed by atoms with Crippen LogP contribution in [0.2, 0.25) is 0 Å². The molecule has 1 saturated carbocycles. The first-order valence-electron chi connectivity index (χ1n) is 9.63. The second-order valence-corrected chi connectivity index (χ2v) is 9.43. The molecule has 1 aromatic rings. The fourth-order valence-electron chi connectivity index (χ4n) is 3.24. The third-order valence-electron chi connectivity index (χ3n) is 4.84. The fourth-order valence-corrected chi connectivity index (χ4v) is 3.52. The van der Waals surface area contributed by atoms with Crippen LogP contribution >= 0.6 is 15.9 Å². The zero-order chi connectivity index (χ0) is 19.6. The van der Waals surface area contributed by atoms with Crippen molar-refractivity contribution in [2.75, 3.05) is 18.4 Å². The average molecular weight is 441 g/mol. The Hall–Kier alpha value is -1.57. The molecule has 27 heavy (non-hydrogen) atoms. The highest BCUT2D eigenvalue weighted by Crippen LogP contribution is 2.29. The molecule has 0 unspecified atom stereocenters. The SMILES string of the molecule is CC1CCC(Nc2ncc(Br)c(OC3CN(C(=O)OC(C)(C)C)C3)n2)CC1. The van der Waals surface area contributed by atoms with Crippen molar-refractivity contribution < 1.29 is 14.3 Å². The van der Waals surface area contributed by atoms with Crippen LogP contribution in [0.1, 0.15) is 53.4 Å². The van der Waals surface area contributed by atoms with Gasteiger partial charge in [0.05, 0.1) is 23.8 Å². The molecule has 0 aromatic carbocycles. The average Bonchev–Trinajstić information content (AvgIpc) is 2.53. The van der Waals surface area contributed by atoms with Crippen LogP contribution in [0.3, 0.4) is 0 Å². The van der Waals surface area contributed by atoms with E-state index in [2.05, 4.69) is 38.1 Å². The van der Waals surface area contributed by atoms with Crippen molar-refractivity contribution >= 4 is 28.0 Å². The highest BCUT2D eigenvalue weighted by molar-refractivity contribution is 9.10. The van der Waals surface area contributed by atoms with Gasteiger partial charge in [-0.3, -0.25) is 0 Å². The Morgan fingerprint density at radius 3 is 2.56 bits per heavy atom. The molecule has 0 atom stereocenters. The maximum atomic E-state index is 12.0. The zero-order valence-corrected chi connectivity index (χ0v) is 18.1. The molecule has 150 valence electrons. The smallest absolute Gasteiger partial charge is 0.410 e. The van der Waals surface area contributed by atoms with E-state index < -0.39 is 5.60 Å². The van der Waals surface area contributed by atoms with Crippen LogP contribution in [0.5, 0.6) is 5.88 Å². The van der Waals surface area contributed by atoms with Gasteiger partial charge in [-0.05, 0) is 68.3 Å². The fraction of sp³-hybridized carbons (Fsp3) is 0.737. The molecular formula is C19H29BrN4O3. The van der Waals surface area contributed by atoms with Gasteiger partial charge in [0.2, 0.25) is 11.8 Å². The molecule has 1 aromatic heterocycles. The zero-order valence-electron chi connectivity index (χ0n) is 16.5. The van der Waals surface area contributed by atoms with Crippen molar-refractivity contribution in [3.8, 4) is 5.88 Å². The number of amides is 1. The van der Waals surface area contributed by atoms with Gasteiger partial charge in [0.1, 0.15) is 11.7 Å². The van der Waals surface area contributed by atoms with Gasteiger partial charge in [-0.1, -0.05) is 6.92 Å². The standard InChI is InChI=1S/C19H29BrN4O3/c1-12-5-7-13(8-6-12)22-17-21-9-15(20)16(23-17)26-14-10-24(11-14)18(25)27-19(2,3)4/h9,12-14H,5-8,10-11H2,1-4H3,(H,21,22,23). The van der Waals surface area contributed by atoms with E-state index in [1.165, 1.54) is 12.8 Å². The van der Waals surface area contributed by atoms with E-state index in [0.29, 0.717) is 35.4 Å². The molecule has 3 rings (SSSR count). The number of anilines is 1. The summed E-state index contributed by atoms with van der Waals surface area (Å²) in [6.07, 6.45) is 6.07. The topological polar surface area (TPSA) is 76.6 Å². The summed E-state index contributed by atoms with van der Waals surface area (Å²) in [7, 11) is 0. The first kappa shape index (κ1) is 20.2. The van der Waals surface area contributed by atoms with Crippen LogP contribution in [0, 0.1) is 5.92 Å². The molecule has 1 aliphatic heterocycles. The lowest BCUT2D eigenvalue weighted by atomic mass is 9.87. The Balaban J connectivity index is 1.51. The van der Waals surface area contributed by atoms with Gasteiger partial charge in [0, 0.05) is 6.04 Å². The van der Waals surface area contributed by atoms with E-state index >= 15 is 0 Å². The van der Waals surface area contributed by atoms with Gasteiger partial charge in [-0.2, -0.15) is 4.98 Å². The number of nitrogens with zero attached hydrogens (tertiary/aromatic N) is 3. The number of nitrogens with one attached hydrogen (secondary N) is 1. The van der Waals surface area contributed by atoms with Crippen molar-refractivity contribution in [2.24, 2.45) is 5.92 Å². The minimum atomic E-state index is -0.490. The van der Waals surface area contributed by atoms with Crippen LogP contribution in [0.4, 0.5) is 10.7 Å². The van der Waals surface area contributed by atoms with Gasteiger partial charge in [-0.25, -0.2) is 9.78 Å². The van der Waals surface area contributed by atoms with Gasteiger partial charge in [0.25, 0.3) is 0 Å². The molecule has 2 fully saturated rings. The summed E-state index contributed by atoms with van der Waals surface area (Å²) in [5.41, 5.74) is -0.490. The summed E-state index contributed by atoms with van der Waals surface area (Å²) in [4.78, 5) is 22.5. The minimum absolute atomic E-state index is 0.0906. The number of ether oxygens (including phenoxy) is 2. The van der Waals surface area contributed by atoms with Crippen LogP contribution < -0.4 is 10.1 Å². The van der Waals surface area contributed by atoms with E-state index in [9.17, 15) is 4.79 Å². The second kappa shape index (κ2) is 8.20. The summed E-state index contributed by atoms with van der Waals surface area (Å²) < 4.78 is 12.0. The summed E-state index contributed by atoms with van der Waals surface area (Å²) in [5, 5.41) is 3.42. The predicted octanol–water partition coefficient (Wildman–Crippen LogP) is 4.23. The number of aromatic nitrogens is 2. The molecular weight excluding hydrogens is 412 g/mol. The van der Waals surface area contributed by atoms with Crippen molar-refractivity contribution in [1.29, 1.82) is 0 Å². The van der Waals surface area contributed by atoms with E-state index in [1.807, 2.05) is 20.8 Å².